The summed E-state index contributed by atoms with van der Waals surface area (Å²) in [5.74, 6) is 1.46. The van der Waals surface area contributed by atoms with Gasteiger partial charge in [-0.15, -0.1) is 0 Å². The minimum atomic E-state index is -0.403. The number of nitrogens with one attached hydrogen (secondary N) is 1. The lowest BCUT2D eigenvalue weighted by Gasteiger charge is -2.71. The molecule has 5 aliphatic carbocycles. The van der Waals surface area contributed by atoms with Gasteiger partial charge in [-0.05, 0) is 129 Å². The van der Waals surface area contributed by atoms with Crippen molar-refractivity contribution in [3.8, 4) is 0 Å². The van der Waals surface area contributed by atoms with Gasteiger partial charge in [-0.3, -0.25) is 14.6 Å². The van der Waals surface area contributed by atoms with Crippen LogP contribution in [0, 0.1) is 57.2 Å². The molecule has 0 amide bonds. The zero-order chi connectivity index (χ0) is 36.3. The second-order valence-corrected chi connectivity index (χ2v) is 19.8. The Hall–Kier alpha value is -2.15. The van der Waals surface area contributed by atoms with Crippen molar-refractivity contribution in [3.05, 3.63) is 44.2 Å². The quantitative estimate of drug-likeness (QED) is 0.145. The van der Waals surface area contributed by atoms with Crippen LogP contribution in [-0.2, 0) is 16.1 Å². The average molecular weight is 693 g/mol. The Morgan fingerprint density at radius 1 is 0.880 bits per heavy atom. The third kappa shape index (κ3) is 6.11. The largest absolute Gasteiger partial charge is 0.465 e. The molecule has 0 aromatic carbocycles. The van der Waals surface area contributed by atoms with Crippen molar-refractivity contribution in [1.29, 1.82) is 0 Å². The van der Waals surface area contributed by atoms with E-state index in [1.54, 1.807) is 23.3 Å². The summed E-state index contributed by atoms with van der Waals surface area (Å²) in [4.78, 5) is 40.3. The van der Waals surface area contributed by atoms with Crippen LogP contribution in [0.4, 0.5) is 0 Å². The summed E-state index contributed by atoms with van der Waals surface area (Å²) in [5, 5.41) is 11.1. The number of unbranched alkanes of at least 4 members (excludes halogenated alkanes) is 5. The lowest BCUT2D eigenvalue weighted by atomic mass is 9.33. The first-order chi connectivity index (χ1) is 23.4. The molecule has 7 heteroatoms. The average Bonchev–Trinajstić information content (AvgIpc) is 3.04. The van der Waals surface area contributed by atoms with Crippen LogP contribution in [0.25, 0.3) is 0 Å². The van der Waals surface area contributed by atoms with Gasteiger partial charge in [-0.25, -0.2) is 4.79 Å². The number of carbonyl (C=O) groups excluding carboxylic acids is 1. The topological polar surface area (TPSA) is 101 Å². The number of aliphatic hydroxyl groups is 1. The molecule has 7 nitrogen and oxygen atoms in total. The monoisotopic (exact) mass is 693 g/mol. The number of aromatic nitrogens is 2. The minimum absolute atomic E-state index is 0.0504. The van der Waals surface area contributed by atoms with Gasteiger partial charge in [0.05, 0.1) is 18.1 Å². The Labute approximate surface area is 301 Å². The molecule has 0 spiro atoms. The molecule has 1 aromatic rings. The number of allylic oxidation sites excluding steroid dienone is 2. The van der Waals surface area contributed by atoms with Crippen LogP contribution in [0.15, 0.2) is 27.4 Å². The van der Waals surface area contributed by atoms with Gasteiger partial charge in [0, 0.05) is 18.3 Å². The highest BCUT2D eigenvalue weighted by molar-refractivity contribution is 5.78. The van der Waals surface area contributed by atoms with Gasteiger partial charge in [-0.2, -0.15) is 0 Å². The zero-order valence-corrected chi connectivity index (χ0v) is 32.7. The molecule has 4 fully saturated rings. The number of rotatable bonds is 10. The molecule has 2 N–H and O–H groups in total. The van der Waals surface area contributed by atoms with E-state index in [9.17, 15) is 19.5 Å². The number of hydrogen-bond donors (Lipinski definition) is 2. The first-order valence-corrected chi connectivity index (χ1v) is 20.3. The van der Waals surface area contributed by atoms with Gasteiger partial charge in [-0.1, -0.05) is 85.8 Å². The van der Waals surface area contributed by atoms with Gasteiger partial charge >= 0.3 is 11.7 Å². The summed E-state index contributed by atoms with van der Waals surface area (Å²) in [6, 6.07) is 0. The van der Waals surface area contributed by atoms with Crippen LogP contribution in [0.3, 0.4) is 0 Å². The molecule has 1 heterocycles. The molecule has 1 aromatic heterocycles. The van der Waals surface area contributed by atoms with E-state index in [0.717, 1.165) is 89.9 Å². The van der Waals surface area contributed by atoms with Gasteiger partial charge < -0.3 is 14.4 Å². The number of nitrogens with zero attached hydrogens (tertiary/aromatic N) is 1. The van der Waals surface area contributed by atoms with Crippen molar-refractivity contribution in [2.24, 2.45) is 50.2 Å². The summed E-state index contributed by atoms with van der Waals surface area (Å²) in [7, 11) is 0. The van der Waals surface area contributed by atoms with Crippen molar-refractivity contribution < 1.29 is 14.6 Å². The number of aryl methyl sites for hydroxylation is 2. The van der Waals surface area contributed by atoms with Crippen molar-refractivity contribution in [1.82, 2.24) is 9.55 Å². The van der Waals surface area contributed by atoms with E-state index in [1.807, 2.05) is 0 Å². The van der Waals surface area contributed by atoms with Gasteiger partial charge in [0.15, 0.2) is 0 Å². The zero-order valence-electron chi connectivity index (χ0n) is 32.7. The number of hydrogen-bond acceptors (Lipinski definition) is 5. The van der Waals surface area contributed by atoms with E-state index in [4.69, 9.17) is 4.74 Å². The maximum Gasteiger partial charge on any atom is 0.328 e. The lowest BCUT2D eigenvalue weighted by Crippen LogP contribution is -2.65. The van der Waals surface area contributed by atoms with E-state index >= 15 is 0 Å². The van der Waals surface area contributed by atoms with E-state index < -0.39 is 5.41 Å². The van der Waals surface area contributed by atoms with Crippen LogP contribution in [0.2, 0.25) is 0 Å². The molecule has 0 saturated heterocycles. The Bertz CT molecular complexity index is 1590. The number of carbonyl (C=O) groups is 1. The molecule has 0 aliphatic heterocycles. The molecule has 6 rings (SSSR count). The van der Waals surface area contributed by atoms with Crippen molar-refractivity contribution in [3.63, 3.8) is 0 Å². The smallest absolute Gasteiger partial charge is 0.328 e. The molecule has 4 saturated carbocycles. The van der Waals surface area contributed by atoms with Crippen LogP contribution in [0.1, 0.15) is 157 Å². The third-order valence-corrected chi connectivity index (χ3v) is 16.2. The molecule has 0 unspecified atom stereocenters. The fourth-order valence-electron chi connectivity index (χ4n) is 12.8. The maximum absolute atomic E-state index is 14.3. The molecule has 280 valence electrons. The van der Waals surface area contributed by atoms with Gasteiger partial charge in [0.25, 0.3) is 5.56 Å². The third-order valence-electron chi connectivity index (χ3n) is 16.2. The second kappa shape index (κ2) is 13.4. The van der Waals surface area contributed by atoms with E-state index in [1.165, 1.54) is 12.8 Å². The molecule has 5 aliphatic rings. The predicted molar refractivity (Wildman–Crippen MR) is 200 cm³/mol. The molecular weight excluding hydrogens is 624 g/mol. The maximum atomic E-state index is 14.3. The summed E-state index contributed by atoms with van der Waals surface area (Å²) in [6.07, 6.45) is 20.7. The number of H-pyrrole nitrogens is 1. The fourth-order valence-corrected chi connectivity index (χ4v) is 12.8. The summed E-state index contributed by atoms with van der Waals surface area (Å²) in [6.45, 7) is 20.1. The molecule has 8 atom stereocenters. The van der Waals surface area contributed by atoms with E-state index in [2.05, 4.69) is 59.5 Å². The first kappa shape index (κ1) is 37.6. The summed E-state index contributed by atoms with van der Waals surface area (Å²) >= 11 is 0. The molecule has 0 bridgehead atoms. The number of fused-ring (bicyclic) bond motifs is 7. The van der Waals surface area contributed by atoms with Crippen molar-refractivity contribution >= 4 is 5.97 Å². The Kier molecular flexibility index (Phi) is 10.0. The van der Waals surface area contributed by atoms with Crippen LogP contribution >= 0.6 is 0 Å². The van der Waals surface area contributed by atoms with Crippen LogP contribution < -0.4 is 11.2 Å². The fraction of sp³-hybridized carbons (Fsp3) is 0.837. The van der Waals surface area contributed by atoms with E-state index in [-0.39, 0.29) is 56.3 Å². The van der Waals surface area contributed by atoms with Crippen LogP contribution in [0.5, 0.6) is 0 Å². The minimum Gasteiger partial charge on any atom is -0.465 e. The number of aliphatic hydroxyl groups excluding tert-OH is 1. The first-order valence-electron chi connectivity index (χ1n) is 20.3. The lowest BCUT2D eigenvalue weighted by molar-refractivity contribution is -0.206. The van der Waals surface area contributed by atoms with Crippen molar-refractivity contribution in [2.45, 2.75) is 171 Å². The number of ether oxygens (including phenoxy) is 1. The molecule has 0 radical (unpaired) electrons. The van der Waals surface area contributed by atoms with Crippen molar-refractivity contribution in [2.75, 3.05) is 6.61 Å². The van der Waals surface area contributed by atoms with Crippen LogP contribution in [-0.4, -0.2) is 33.3 Å². The molecular formula is C43H68N2O5. The number of aromatic amines is 1. The van der Waals surface area contributed by atoms with Gasteiger partial charge in [0.1, 0.15) is 0 Å². The van der Waals surface area contributed by atoms with Gasteiger partial charge in [0.2, 0.25) is 0 Å². The number of esters is 1. The molecule has 50 heavy (non-hydrogen) atoms. The normalized spacial score (nSPS) is 38.5. The second-order valence-electron chi connectivity index (χ2n) is 19.8. The highest BCUT2D eigenvalue weighted by Crippen LogP contribution is 2.75. The Morgan fingerprint density at radius 2 is 1.56 bits per heavy atom. The summed E-state index contributed by atoms with van der Waals surface area (Å²) < 4.78 is 7.83. The van der Waals surface area contributed by atoms with E-state index in [0.29, 0.717) is 30.6 Å². The Morgan fingerprint density at radius 3 is 2.30 bits per heavy atom. The highest BCUT2D eigenvalue weighted by atomic mass is 16.5. The SMILES string of the molecule is Cc1cn(CCCCCCCCOC(=O)[C@]23CCC(C)(C)C[C@H]2C2=CC[C@@H]4[C@@]5(C)CC[C@H](O)C(C)(C)[C@@H]5CC[C@@]4(C)[C@]2(C)CC3)c(=O)[nH]c1=O. The predicted octanol–water partition coefficient (Wildman–Crippen LogP) is 8.89. The highest BCUT2D eigenvalue weighted by Gasteiger charge is 2.69. The standard InChI is InChI=1S/C43H68N2O5/c1-29-28-45(37(49)44-35(29)47)25-13-11-9-10-12-14-26-50-36(48)43-23-21-38(2,3)27-31(43)30-15-16-33-40(6)19-18-34(46)39(4,5)32(40)17-20-42(33,8)41(30,7)22-24-43/h15,28,31-34,46H,9-14,16-27H2,1-8H3,(H,44,47,49)/t31-,32-,33+,34-,40-,41+,42+,43-/m0/s1. The Balaban J connectivity index is 1.08. The summed E-state index contributed by atoms with van der Waals surface area (Å²) in [5.41, 5.74) is 1.75.